The van der Waals surface area contributed by atoms with Crippen LogP contribution < -0.4 is 16.0 Å². The normalized spacial score (nSPS) is 18.0. The predicted octanol–water partition coefficient (Wildman–Crippen LogP) is 5.68. The van der Waals surface area contributed by atoms with Crippen molar-refractivity contribution in [1.82, 2.24) is 18.8 Å². The van der Waals surface area contributed by atoms with Crippen molar-refractivity contribution in [2.45, 2.75) is 96.6 Å². The molecule has 4 heterocycles. The first-order valence-corrected chi connectivity index (χ1v) is 19.0. The van der Waals surface area contributed by atoms with Crippen molar-refractivity contribution in [2.24, 2.45) is 18.7 Å². The molecule has 0 radical (unpaired) electrons. The SMILES string of the molecule is C[C@@H]1CN(S(=O)(=O)CCCCCCCCCCCCN)CCN1Cc1cc2c(=O)n(C)cc(-c3ccncc3OCC3CC3)c2o1. The molecule has 2 N–H and O–H groups in total. The highest BCUT2D eigenvalue weighted by molar-refractivity contribution is 7.89. The zero-order valence-electron chi connectivity index (χ0n) is 27.8. The molecule has 1 saturated carbocycles. The van der Waals surface area contributed by atoms with Crippen LogP contribution in [0, 0.1) is 5.92 Å². The van der Waals surface area contributed by atoms with Gasteiger partial charge in [0.25, 0.3) is 5.56 Å². The van der Waals surface area contributed by atoms with E-state index < -0.39 is 10.0 Å². The lowest BCUT2D eigenvalue weighted by molar-refractivity contribution is 0.114. The number of furan rings is 1. The summed E-state index contributed by atoms with van der Waals surface area (Å²) in [6, 6.07) is 3.76. The van der Waals surface area contributed by atoms with Gasteiger partial charge in [0.1, 0.15) is 17.1 Å². The number of rotatable bonds is 19. The molecule has 10 nitrogen and oxygen atoms in total. The number of hydrogen-bond donors (Lipinski definition) is 1. The van der Waals surface area contributed by atoms with Crippen LogP contribution in [0.4, 0.5) is 0 Å². The fourth-order valence-corrected chi connectivity index (χ4v) is 8.03. The second kappa shape index (κ2) is 16.4. The molecule has 3 aromatic heterocycles. The summed E-state index contributed by atoms with van der Waals surface area (Å²) in [7, 11) is -1.54. The number of unbranched alkanes of at least 4 members (excludes halogenated alkanes) is 9. The van der Waals surface area contributed by atoms with E-state index in [0.717, 1.165) is 36.9 Å². The van der Waals surface area contributed by atoms with Crippen LogP contribution in [-0.2, 0) is 23.6 Å². The number of aryl methyl sites for hydroxylation is 1. The third-order valence-electron chi connectivity index (χ3n) is 9.48. The average Bonchev–Trinajstić information content (AvgIpc) is 3.78. The van der Waals surface area contributed by atoms with Crippen molar-refractivity contribution in [3.05, 3.63) is 46.8 Å². The Morgan fingerprint density at radius 1 is 1.00 bits per heavy atom. The van der Waals surface area contributed by atoms with Crippen molar-refractivity contribution in [3.8, 4) is 16.9 Å². The van der Waals surface area contributed by atoms with Crippen molar-refractivity contribution >= 4 is 21.0 Å². The molecule has 0 spiro atoms. The minimum atomic E-state index is -3.29. The van der Waals surface area contributed by atoms with Gasteiger partial charge in [0.05, 0.1) is 30.5 Å². The Bertz CT molecular complexity index is 1580. The molecule has 1 aliphatic carbocycles. The molecule has 2 aliphatic rings. The van der Waals surface area contributed by atoms with Gasteiger partial charge in [-0.15, -0.1) is 0 Å². The molecular formula is C35H53N5O5S. The smallest absolute Gasteiger partial charge is 0.261 e. The first kappa shape index (κ1) is 34.6. The molecule has 0 amide bonds. The quantitative estimate of drug-likeness (QED) is 0.164. The number of ether oxygens (including phenoxy) is 1. The summed E-state index contributed by atoms with van der Waals surface area (Å²) < 4.78 is 42.1. The Kier molecular flexibility index (Phi) is 12.3. The molecule has 1 atom stereocenters. The second-order valence-electron chi connectivity index (χ2n) is 13.4. The molecule has 46 heavy (non-hydrogen) atoms. The van der Waals surface area contributed by atoms with Crippen LogP contribution in [0.15, 0.2) is 39.9 Å². The van der Waals surface area contributed by atoms with Gasteiger partial charge in [0.2, 0.25) is 10.0 Å². The van der Waals surface area contributed by atoms with Crippen LogP contribution in [0.1, 0.15) is 89.7 Å². The van der Waals surface area contributed by atoms with Crippen LogP contribution in [0.5, 0.6) is 5.75 Å². The second-order valence-corrected chi connectivity index (χ2v) is 15.4. The maximum Gasteiger partial charge on any atom is 0.261 e. The summed E-state index contributed by atoms with van der Waals surface area (Å²) in [4.78, 5) is 19.6. The lowest BCUT2D eigenvalue weighted by Gasteiger charge is -2.38. The molecule has 1 aliphatic heterocycles. The summed E-state index contributed by atoms with van der Waals surface area (Å²) >= 11 is 0. The molecule has 254 valence electrons. The van der Waals surface area contributed by atoms with Gasteiger partial charge in [-0.05, 0) is 57.2 Å². The molecule has 11 heteroatoms. The highest BCUT2D eigenvalue weighted by atomic mass is 32.2. The van der Waals surface area contributed by atoms with Crippen molar-refractivity contribution in [1.29, 1.82) is 0 Å². The number of sulfonamides is 1. The molecular weight excluding hydrogens is 602 g/mol. The average molecular weight is 656 g/mol. The summed E-state index contributed by atoms with van der Waals surface area (Å²) in [6.07, 6.45) is 19.0. The van der Waals surface area contributed by atoms with Crippen molar-refractivity contribution in [2.75, 3.05) is 38.5 Å². The van der Waals surface area contributed by atoms with Crippen molar-refractivity contribution in [3.63, 3.8) is 0 Å². The molecule has 0 aromatic carbocycles. The monoisotopic (exact) mass is 655 g/mol. The highest BCUT2D eigenvalue weighted by Crippen LogP contribution is 2.37. The summed E-state index contributed by atoms with van der Waals surface area (Å²) in [5.74, 6) is 2.19. The van der Waals surface area contributed by atoms with E-state index in [1.165, 1.54) is 51.4 Å². The van der Waals surface area contributed by atoms with E-state index >= 15 is 0 Å². The van der Waals surface area contributed by atoms with Crippen molar-refractivity contribution < 1.29 is 17.6 Å². The van der Waals surface area contributed by atoms with Gasteiger partial charge in [0, 0.05) is 56.2 Å². The minimum Gasteiger partial charge on any atom is -0.491 e. The Hall–Kier alpha value is -2.73. The molecule has 3 aromatic rings. The number of hydrogen-bond acceptors (Lipinski definition) is 8. The van der Waals surface area contributed by atoms with Gasteiger partial charge in [-0.3, -0.25) is 14.7 Å². The zero-order valence-corrected chi connectivity index (χ0v) is 28.6. The summed E-state index contributed by atoms with van der Waals surface area (Å²) in [6.45, 7) is 5.53. The Balaban J connectivity index is 1.14. The molecule has 0 unspecified atom stereocenters. The first-order valence-electron chi connectivity index (χ1n) is 17.4. The standard InChI is InChI=1S/C35H53N5O5S/c1-27-23-40(46(42,43)20-12-10-8-6-4-3-5-7-9-11-16-36)19-18-39(27)24-29-21-31-34(45-29)32(25-38(2)35(31)41)30-15-17-37-22-33(30)44-26-28-13-14-28/h15,17,21-22,25,27-28H,3-14,16,18-20,23-24,26,36H2,1-2H3/t27-/m1/s1. The number of fused-ring (bicyclic) bond motifs is 1. The Labute approximate surface area is 274 Å². The maximum absolute atomic E-state index is 13.2. The van der Waals surface area contributed by atoms with Gasteiger partial charge in [-0.25, -0.2) is 8.42 Å². The largest absolute Gasteiger partial charge is 0.491 e. The number of nitrogens with zero attached hydrogens (tertiary/aromatic N) is 4. The number of pyridine rings is 2. The fourth-order valence-electron chi connectivity index (χ4n) is 6.40. The maximum atomic E-state index is 13.2. The van der Waals surface area contributed by atoms with Gasteiger partial charge >= 0.3 is 0 Å². The van der Waals surface area contributed by atoms with E-state index in [4.69, 9.17) is 14.9 Å². The molecule has 1 saturated heterocycles. The molecule has 5 rings (SSSR count). The highest BCUT2D eigenvalue weighted by Gasteiger charge is 2.31. The Morgan fingerprint density at radius 3 is 2.37 bits per heavy atom. The van der Waals surface area contributed by atoms with E-state index in [1.54, 1.807) is 34.5 Å². The van der Waals surface area contributed by atoms with Gasteiger partial charge < -0.3 is 19.5 Å². The van der Waals surface area contributed by atoms with E-state index in [9.17, 15) is 13.2 Å². The van der Waals surface area contributed by atoms with Gasteiger partial charge in [-0.2, -0.15) is 4.31 Å². The van der Waals surface area contributed by atoms with Crippen LogP contribution in [-0.4, -0.2) is 71.8 Å². The lowest BCUT2D eigenvalue weighted by Crippen LogP contribution is -2.53. The van der Waals surface area contributed by atoms with E-state index in [1.807, 2.05) is 12.1 Å². The third kappa shape index (κ3) is 9.20. The molecule has 2 fully saturated rings. The summed E-state index contributed by atoms with van der Waals surface area (Å²) in [5.41, 5.74) is 7.60. The van der Waals surface area contributed by atoms with Crippen LogP contribution in [0.2, 0.25) is 0 Å². The zero-order chi connectivity index (χ0) is 32.5. The van der Waals surface area contributed by atoms with Gasteiger partial charge in [-0.1, -0.05) is 51.4 Å². The van der Waals surface area contributed by atoms with Gasteiger partial charge in [0.15, 0.2) is 0 Å². The first-order chi connectivity index (χ1) is 22.3. The van der Waals surface area contributed by atoms with E-state index in [0.29, 0.717) is 67.6 Å². The van der Waals surface area contributed by atoms with Crippen LogP contribution in [0.25, 0.3) is 22.1 Å². The lowest BCUT2D eigenvalue weighted by atomic mass is 10.1. The number of nitrogens with two attached hydrogens (primary N) is 1. The van der Waals surface area contributed by atoms with E-state index in [2.05, 4.69) is 16.8 Å². The summed E-state index contributed by atoms with van der Waals surface area (Å²) in [5, 5.41) is 0.524. The Morgan fingerprint density at radius 2 is 1.70 bits per heavy atom. The number of piperazine rings is 1. The molecule has 0 bridgehead atoms. The van der Waals surface area contributed by atoms with Crippen LogP contribution >= 0.6 is 0 Å². The predicted molar refractivity (Wildman–Crippen MR) is 183 cm³/mol. The number of aromatic nitrogens is 2. The topological polar surface area (TPSA) is 124 Å². The van der Waals surface area contributed by atoms with Crippen LogP contribution in [0.3, 0.4) is 0 Å². The minimum absolute atomic E-state index is 0.0199. The van der Waals surface area contributed by atoms with E-state index in [-0.39, 0.29) is 17.4 Å². The fraction of sp³-hybridized carbons (Fsp3) is 0.657. The third-order valence-corrected chi connectivity index (χ3v) is 11.4.